The van der Waals surface area contributed by atoms with Crippen molar-refractivity contribution in [3.05, 3.63) is 0 Å². The van der Waals surface area contributed by atoms with E-state index in [9.17, 15) is 34.2 Å². The molecule has 0 saturated carbocycles. The summed E-state index contributed by atoms with van der Waals surface area (Å²) < 4.78 is 0. The summed E-state index contributed by atoms with van der Waals surface area (Å²) in [5.41, 5.74) is 11.2. The van der Waals surface area contributed by atoms with E-state index in [1.165, 1.54) is 13.8 Å². The van der Waals surface area contributed by atoms with Crippen LogP contribution in [0.4, 0.5) is 0 Å². The van der Waals surface area contributed by atoms with Gasteiger partial charge in [-0.15, -0.1) is 0 Å². The molecule has 0 aliphatic rings. The average Bonchev–Trinajstić information content (AvgIpc) is 2.77. The molecule has 0 radical (unpaired) electrons. The number of nitrogens with two attached hydrogens (primary N) is 2. The van der Waals surface area contributed by atoms with Crippen LogP contribution in [0.2, 0.25) is 0 Å². The summed E-state index contributed by atoms with van der Waals surface area (Å²) in [5, 5.41) is 37.5. The van der Waals surface area contributed by atoms with Crippen LogP contribution < -0.4 is 32.7 Å². The summed E-state index contributed by atoms with van der Waals surface area (Å²) in [6, 6.07) is -6.17. The summed E-state index contributed by atoms with van der Waals surface area (Å²) in [4.78, 5) is 61.0. The topological polar surface area (TPSA) is 246 Å². The number of carboxylic acid groups (broad SMARTS) is 1. The number of amides is 4. The molecular formula is C21H40N6O8. The Balaban J connectivity index is 5.06. The maximum absolute atomic E-state index is 12.6. The van der Waals surface area contributed by atoms with Crippen molar-refractivity contribution >= 4 is 29.6 Å². The van der Waals surface area contributed by atoms with Crippen molar-refractivity contribution in [1.82, 2.24) is 21.3 Å². The van der Waals surface area contributed by atoms with Gasteiger partial charge in [-0.05, 0) is 39.2 Å². The Morgan fingerprint density at radius 3 is 1.83 bits per heavy atom. The Morgan fingerprint density at radius 2 is 1.37 bits per heavy atom. The van der Waals surface area contributed by atoms with Gasteiger partial charge in [0, 0.05) is 0 Å². The monoisotopic (exact) mass is 504 g/mol. The zero-order chi connectivity index (χ0) is 27.3. The lowest BCUT2D eigenvalue weighted by atomic mass is 10.0. The number of hydrogen-bond donors (Lipinski definition) is 9. The van der Waals surface area contributed by atoms with Crippen LogP contribution in [0.15, 0.2) is 0 Å². The highest BCUT2D eigenvalue weighted by Crippen LogP contribution is 2.05. The van der Waals surface area contributed by atoms with Crippen LogP contribution in [0.25, 0.3) is 0 Å². The molecule has 0 aromatic carbocycles. The predicted molar refractivity (Wildman–Crippen MR) is 126 cm³/mol. The first-order valence-corrected chi connectivity index (χ1v) is 11.5. The summed E-state index contributed by atoms with van der Waals surface area (Å²) in [5.74, 6) is -4.99. The summed E-state index contributed by atoms with van der Waals surface area (Å²) in [6.07, 6.45) is 0.270. The number of carbonyl (C=O) groups excluding carboxylic acids is 4. The van der Waals surface area contributed by atoms with Gasteiger partial charge in [-0.25, -0.2) is 4.79 Å². The number of carboxylic acids is 1. The lowest BCUT2D eigenvalue weighted by Gasteiger charge is -2.27. The number of aliphatic carboxylic acids is 1. The fourth-order valence-electron chi connectivity index (χ4n) is 2.94. The molecule has 0 rings (SSSR count). The van der Waals surface area contributed by atoms with E-state index in [-0.39, 0.29) is 0 Å². The molecule has 0 aliphatic carbocycles. The van der Waals surface area contributed by atoms with Crippen molar-refractivity contribution < 1.29 is 39.3 Å². The zero-order valence-electron chi connectivity index (χ0n) is 20.6. The number of carbonyl (C=O) groups is 5. The number of nitrogens with one attached hydrogen (secondary N) is 4. The first-order valence-electron chi connectivity index (χ1n) is 11.5. The van der Waals surface area contributed by atoms with Gasteiger partial charge in [0.15, 0.2) is 6.04 Å². The zero-order valence-corrected chi connectivity index (χ0v) is 20.6. The number of unbranched alkanes of at least 4 members (excludes halogenated alkanes) is 1. The second-order valence-corrected chi connectivity index (χ2v) is 8.66. The van der Waals surface area contributed by atoms with Gasteiger partial charge in [0.05, 0.1) is 18.8 Å². The molecule has 0 fully saturated rings. The van der Waals surface area contributed by atoms with Crippen molar-refractivity contribution in [2.24, 2.45) is 17.4 Å². The van der Waals surface area contributed by atoms with E-state index < -0.39 is 78.4 Å². The normalized spacial score (nSPS) is 16.3. The van der Waals surface area contributed by atoms with Gasteiger partial charge < -0.3 is 48.1 Å². The molecule has 6 atom stereocenters. The van der Waals surface area contributed by atoms with Crippen LogP contribution >= 0.6 is 0 Å². The van der Waals surface area contributed by atoms with Crippen molar-refractivity contribution in [3.8, 4) is 0 Å². The Morgan fingerprint density at radius 1 is 0.800 bits per heavy atom. The highest BCUT2D eigenvalue weighted by Gasteiger charge is 2.32. The Labute approximate surface area is 204 Å². The van der Waals surface area contributed by atoms with Gasteiger partial charge in [-0.3, -0.25) is 19.2 Å². The SMILES string of the molecule is CC(C)[C@H](NC(=O)[C@H](C)NC(=O)[C@H](CO)NC(=O)[C@@H](N)CCCCN)C(=O)N[C@H](C(=O)O)[C@@H](C)O. The molecule has 14 nitrogen and oxygen atoms in total. The lowest BCUT2D eigenvalue weighted by molar-refractivity contribution is -0.145. The molecule has 0 aromatic heterocycles. The summed E-state index contributed by atoms with van der Waals surface area (Å²) in [7, 11) is 0. The van der Waals surface area contributed by atoms with E-state index >= 15 is 0 Å². The highest BCUT2D eigenvalue weighted by molar-refractivity contribution is 5.95. The number of hydrogen-bond acceptors (Lipinski definition) is 9. The Kier molecular flexibility index (Phi) is 14.7. The molecule has 0 unspecified atom stereocenters. The standard InChI is InChI=1S/C21H40N6O8/c1-10(2)15(20(33)27-16(12(4)29)21(34)35)26-17(30)11(3)24-19(32)14(9-28)25-18(31)13(23)7-5-6-8-22/h10-16,28-29H,5-9,22-23H2,1-4H3,(H,24,32)(H,25,31)(H,26,30)(H,27,33)(H,34,35)/t11-,12+,13-,14-,15-,16-/m0/s1. The fraction of sp³-hybridized carbons (Fsp3) is 0.762. The second kappa shape index (κ2) is 16.0. The molecule has 11 N–H and O–H groups in total. The van der Waals surface area contributed by atoms with Crippen LogP contribution in [0.1, 0.15) is 47.0 Å². The van der Waals surface area contributed by atoms with Crippen molar-refractivity contribution in [1.29, 1.82) is 0 Å². The first-order chi connectivity index (χ1) is 16.3. The average molecular weight is 505 g/mol. The predicted octanol–water partition coefficient (Wildman–Crippen LogP) is -3.48. The van der Waals surface area contributed by atoms with Crippen molar-refractivity contribution in [3.63, 3.8) is 0 Å². The first kappa shape index (κ1) is 32.2. The largest absolute Gasteiger partial charge is 0.480 e. The molecule has 14 heteroatoms. The van der Waals surface area contributed by atoms with Gasteiger partial charge in [-0.1, -0.05) is 20.3 Å². The molecule has 0 aliphatic heterocycles. The summed E-state index contributed by atoms with van der Waals surface area (Å²) >= 11 is 0. The smallest absolute Gasteiger partial charge is 0.328 e. The van der Waals surface area contributed by atoms with Gasteiger partial charge in [-0.2, -0.15) is 0 Å². The van der Waals surface area contributed by atoms with Crippen LogP contribution in [-0.4, -0.2) is 94.4 Å². The van der Waals surface area contributed by atoms with Crippen LogP contribution in [0, 0.1) is 5.92 Å². The van der Waals surface area contributed by atoms with Crippen molar-refractivity contribution in [2.45, 2.75) is 83.3 Å². The minimum atomic E-state index is -1.58. The van der Waals surface area contributed by atoms with Gasteiger partial charge >= 0.3 is 5.97 Å². The van der Waals surface area contributed by atoms with E-state index in [0.29, 0.717) is 25.8 Å². The molecule has 0 bridgehead atoms. The Hall–Kier alpha value is -2.81. The third-order valence-corrected chi connectivity index (χ3v) is 5.17. The molecule has 0 heterocycles. The van der Waals surface area contributed by atoms with Crippen molar-refractivity contribution in [2.75, 3.05) is 13.2 Å². The number of aliphatic hydroxyl groups excluding tert-OH is 2. The quantitative estimate of drug-likeness (QED) is 0.0939. The fourth-order valence-corrected chi connectivity index (χ4v) is 2.94. The number of aliphatic hydroxyl groups is 2. The third kappa shape index (κ3) is 11.4. The molecular weight excluding hydrogens is 464 g/mol. The van der Waals surface area contributed by atoms with Gasteiger partial charge in [0.25, 0.3) is 0 Å². The molecule has 202 valence electrons. The summed E-state index contributed by atoms with van der Waals surface area (Å²) in [6.45, 7) is 5.46. The minimum absolute atomic E-state index is 0.345. The highest BCUT2D eigenvalue weighted by atomic mass is 16.4. The lowest BCUT2D eigenvalue weighted by Crippen LogP contribution is -2.60. The maximum atomic E-state index is 12.6. The van der Waals surface area contributed by atoms with E-state index in [0.717, 1.165) is 0 Å². The van der Waals surface area contributed by atoms with E-state index in [1.807, 2.05) is 0 Å². The molecule has 0 spiro atoms. The molecule has 4 amide bonds. The number of rotatable bonds is 16. The van der Waals surface area contributed by atoms with Crippen LogP contribution in [-0.2, 0) is 24.0 Å². The Bertz CT molecular complexity index is 733. The van der Waals surface area contributed by atoms with Crippen LogP contribution in [0.3, 0.4) is 0 Å². The molecule has 0 aromatic rings. The van der Waals surface area contributed by atoms with E-state index in [1.54, 1.807) is 13.8 Å². The maximum Gasteiger partial charge on any atom is 0.328 e. The molecule has 35 heavy (non-hydrogen) atoms. The van der Waals surface area contributed by atoms with E-state index in [4.69, 9.17) is 16.6 Å². The van der Waals surface area contributed by atoms with E-state index in [2.05, 4.69) is 21.3 Å². The molecule has 0 saturated heterocycles. The second-order valence-electron chi connectivity index (χ2n) is 8.66. The minimum Gasteiger partial charge on any atom is -0.480 e. The van der Waals surface area contributed by atoms with Crippen LogP contribution in [0.5, 0.6) is 0 Å². The van der Waals surface area contributed by atoms with Gasteiger partial charge in [0.1, 0.15) is 18.1 Å². The van der Waals surface area contributed by atoms with Gasteiger partial charge in [0.2, 0.25) is 23.6 Å². The third-order valence-electron chi connectivity index (χ3n) is 5.17.